The van der Waals surface area contributed by atoms with Crippen molar-refractivity contribution < 1.29 is 28.9 Å². The smallest absolute Gasteiger partial charge is 0.343 e. The van der Waals surface area contributed by atoms with Crippen LogP contribution in [-0.2, 0) is 33.1 Å². The minimum Gasteiger partial charge on any atom is -0.458 e. The molecule has 1 aromatic carbocycles. The van der Waals surface area contributed by atoms with Crippen molar-refractivity contribution in [1.82, 2.24) is 14.5 Å². The molecule has 3 atom stereocenters. The Balaban J connectivity index is 1.64. The van der Waals surface area contributed by atoms with Crippen molar-refractivity contribution in [3.63, 3.8) is 0 Å². The number of halogens is 1. The molecule has 6 rings (SSSR count). The summed E-state index contributed by atoms with van der Waals surface area (Å²) >= 11 is 0. The molecule has 1 saturated heterocycles. The molecule has 0 aliphatic carbocycles. The molecule has 2 N–H and O–H groups in total. The number of fused-ring (bicyclic) bond motifs is 5. The number of likely N-dealkylation sites (tertiary alicyclic amines) is 1. The normalized spacial score (nSPS) is 23.2. The van der Waals surface area contributed by atoms with Gasteiger partial charge >= 0.3 is 5.97 Å². The van der Waals surface area contributed by atoms with E-state index in [1.165, 1.54) is 10.6 Å². The van der Waals surface area contributed by atoms with Crippen LogP contribution in [0.5, 0.6) is 0 Å². The number of ether oxygens (including phenoxy) is 1. The first-order valence-corrected chi connectivity index (χ1v) is 12.3. The number of carbonyl (C=O) groups excluding carboxylic acids is 2. The van der Waals surface area contributed by atoms with Gasteiger partial charge in [0, 0.05) is 29.1 Å². The SMILES string of the molecule is CC[C@@]1(O)C(=O)OCc2c1cc1n(c2=O)Cc2c-1nc1cc(F)c(C)cc1c2[C@H](C)N1C[C@H](O)CC1=O. The predicted molar refractivity (Wildman–Crippen MR) is 130 cm³/mol. The lowest BCUT2D eigenvalue weighted by Gasteiger charge is -2.31. The number of carbonyl (C=O) groups is 2. The van der Waals surface area contributed by atoms with Crippen molar-refractivity contribution in [1.29, 1.82) is 0 Å². The summed E-state index contributed by atoms with van der Waals surface area (Å²) in [6.45, 7) is 5.21. The number of benzene rings is 1. The highest BCUT2D eigenvalue weighted by Gasteiger charge is 2.46. The van der Waals surface area contributed by atoms with Crippen molar-refractivity contribution in [2.75, 3.05) is 6.54 Å². The molecule has 0 saturated carbocycles. The Morgan fingerprint density at radius 3 is 2.68 bits per heavy atom. The molecular weight excluding hydrogens is 481 g/mol. The van der Waals surface area contributed by atoms with Gasteiger partial charge in [0.25, 0.3) is 5.56 Å². The molecule has 2 aromatic heterocycles. The number of cyclic esters (lactones) is 1. The van der Waals surface area contributed by atoms with Gasteiger partial charge in [-0.3, -0.25) is 9.59 Å². The first-order valence-electron chi connectivity index (χ1n) is 12.3. The molecule has 37 heavy (non-hydrogen) atoms. The van der Waals surface area contributed by atoms with Crippen LogP contribution in [0, 0.1) is 12.7 Å². The summed E-state index contributed by atoms with van der Waals surface area (Å²) < 4.78 is 21.3. The first-order chi connectivity index (χ1) is 17.5. The van der Waals surface area contributed by atoms with Crippen LogP contribution in [0.3, 0.4) is 0 Å². The standard InChI is InChI=1S/C27H26FN3O6/c1-4-27(36)18-7-21-24-16(10-31(21)25(34)17(18)11-37-26(27)35)23(13(3)30-9-14(32)6-22(30)33)15-5-12(2)19(28)8-20(15)29-24/h5,7-8,13-14,32,36H,4,6,9-11H2,1-3H3/t13-,14+,27-/m0/s1. The number of esters is 1. The zero-order chi connectivity index (χ0) is 26.4. The number of aryl methyl sites for hydroxylation is 1. The monoisotopic (exact) mass is 507 g/mol. The molecule has 192 valence electrons. The molecule has 0 radical (unpaired) electrons. The number of hydrogen-bond acceptors (Lipinski definition) is 7. The number of β-amino-alcohol motifs (C(OH)–C–C–N with tert-alkyl or cyclic N) is 1. The third-order valence-electron chi connectivity index (χ3n) is 8.04. The number of hydrogen-bond donors (Lipinski definition) is 2. The molecule has 0 unspecified atom stereocenters. The molecule has 10 heteroatoms. The maximum atomic E-state index is 14.6. The van der Waals surface area contributed by atoms with E-state index in [-0.39, 0.29) is 49.6 Å². The molecule has 3 aromatic rings. The van der Waals surface area contributed by atoms with E-state index in [9.17, 15) is 29.0 Å². The second kappa shape index (κ2) is 7.93. The predicted octanol–water partition coefficient (Wildman–Crippen LogP) is 2.18. The van der Waals surface area contributed by atoms with E-state index in [1.54, 1.807) is 30.9 Å². The van der Waals surface area contributed by atoms with Gasteiger partial charge in [-0.25, -0.2) is 14.2 Å². The molecule has 0 spiro atoms. The van der Waals surface area contributed by atoms with Crippen molar-refractivity contribution in [2.45, 2.75) is 64.5 Å². The number of amides is 1. The molecule has 3 aliphatic heterocycles. The molecule has 1 amide bonds. The summed E-state index contributed by atoms with van der Waals surface area (Å²) in [5.74, 6) is -1.44. The highest BCUT2D eigenvalue weighted by atomic mass is 19.1. The van der Waals surface area contributed by atoms with Gasteiger partial charge in [0.05, 0.1) is 47.6 Å². The van der Waals surface area contributed by atoms with Crippen LogP contribution >= 0.6 is 0 Å². The van der Waals surface area contributed by atoms with Gasteiger partial charge in [-0.2, -0.15) is 0 Å². The molecule has 1 fully saturated rings. The summed E-state index contributed by atoms with van der Waals surface area (Å²) in [6, 6.07) is 4.15. The Bertz CT molecular complexity index is 1600. The Hall–Kier alpha value is -3.63. The van der Waals surface area contributed by atoms with Crippen LogP contribution in [0.25, 0.3) is 22.3 Å². The Morgan fingerprint density at radius 2 is 2.00 bits per heavy atom. The fourth-order valence-corrected chi connectivity index (χ4v) is 5.96. The van der Waals surface area contributed by atoms with Crippen LogP contribution in [-0.4, -0.2) is 49.2 Å². The largest absolute Gasteiger partial charge is 0.458 e. The minimum absolute atomic E-state index is 0.0197. The Labute approximate surface area is 211 Å². The van der Waals surface area contributed by atoms with E-state index in [0.29, 0.717) is 33.4 Å². The van der Waals surface area contributed by atoms with E-state index in [1.807, 2.05) is 6.92 Å². The third-order valence-corrected chi connectivity index (χ3v) is 8.04. The van der Waals surface area contributed by atoms with E-state index < -0.39 is 35.1 Å². The number of rotatable bonds is 3. The van der Waals surface area contributed by atoms with Gasteiger partial charge in [-0.15, -0.1) is 0 Å². The van der Waals surface area contributed by atoms with Gasteiger partial charge in [0.1, 0.15) is 12.4 Å². The van der Waals surface area contributed by atoms with Crippen molar-refractivity contribution in [3.05, 3.63) is 62.2 Å². The van der Waals surface area contributed by atoms with E-state index in [4.69, 9.17) is 9.72 Å². The number of pyridine rings is 2. The minimum atomic E-state index is -1.96. The van der Waals surface area contributed by atoms with Crippen LogP contribution < -0.4 is 5.56 Å². The van der Waals surface area contributed by atoms with Crippen molar-refractivity contribution in [3.8, 4) is 11.4 Å². The fourth-order valence-electron chi connectivity index (χ4n) is 5.96. The van der Waals surface area contributed by atoms with Crippen molar-refractivity contribution in [2.24, 2.45) is 0 Å². The second-order valence-electron chi connectivity index (χ2n) is 10.2. The number of aromatic nitrogens is 2. The van der Waals surface area contributed by atoms with E-state index in [2.05, 4.69) is 0 Å². The maximum Gasteiger partial charge on any atom is 0.343 e. The summed E-state index contributed by atoms with van der Waals surface area (Å²) in [6.07, 6.45) is -0.725. The first kappa shape index (κ1) is 23.7. The lowest BCUT2D eigenvalue weighted by Crippen LogP contribution is -2.44. The quantitative estimate of drug-likeness (QED) is 0.408. The summed E-state index contributed by atoms with van der Waals surface area (Å²) in [7, 11) is 0. The lowest BCUT2D eigenvalue weighted by molar-refractivity contribution is -0.172. The van der Waals surface area contributed by atoms with Gasteiger partial charge in [-0.1, -0.05) is 6.92 Å². The Kier molecular flexibility index (Phi) is 5.09. The highest BCUT2D eigenvalue weighted by molar-refractivity contribution is 5.91. The average Bonchev–Trinajstić information content (AvgIpc) is 3.40. The Morgan fingerprint density at radius 1 is 1.24 bits per heavy atom. The highest BCUT2D eigenvalue weighted by Crippen LogP contribution is 2.43. The van der Waals surface area contributed by atoms with Crippen molar-refractivity contribution >= 4 is 22.8 Å². The lowest BCUT2D eigenvalue weighted by atomic mass is 9.86. The number of nitrogens with zero attached hydrogens (tertiary/aromatic N) is 3. The summed E-state index contributed by atoms with van der Waals surface area (Å²) in [5.41, 5.74) is 1.09. The van der Waals surface area contributed by atoms with Crippen LogP contribution in [0.1, 0.15) is 60.5 Å². The zero-order valence-corrected chi connectivity index (χ0v) is 20.7. The summed E-state index contributed by atoms with van der Waals surface area (Å²) in [5, 5.41) is 21.9. The van der Waals surface area contributed by atoms with E-state index >= 15 is 0 Å². The molecule has 3 aliphatic rings. The number of aliphatic hydroxyl groups excluding tert-OH is 1. The molecule has 5 heterocycles. The number of aliphatic hydroxyl groups is 2. The topological polar surface area (TPSA) is 122 Å². The molecule has 9 nitrogen and oxygen atoms in total. The molecule has 0 bridgehead atoms. The molecular formula is C27H26FN3O6. The average molecular weight is 508 g/mol. The van der Waals surface area contributed by atoms with Gasteiger partial charge in [-0.05, 0) is 43.5 Å². The maximum absolute atomic E-state index is 14.6. The van der Waals surface area contributed by atoms with Crippen LogP contribution in [0.2, 0.25) is 0 Å². The van der Waals surface area contributed by atoms with E-state index in [0.717, 1.165) is 5.56 Å². The van der Waals surface area contributed by atoms with Crippen LogP contribution in [0.4, 0.5) is 4.39 Å². The third kappa shape index (κ3) is 3.21. The van der Waals surface area contributed by atoms with Gasteiger partial charge < -0.3 is 24.4 Å². The van der Waals surface area contributed by atoms with Gasteiger partial charge in [0.2, 0.25) is 5.91 Å². The zero-order valence-electron chi connectivity index (χ0n) is 20.7. The fraction of sp³-hybridized carbons (Fsp3) is 0.407. The van der Waals surface area contributed by atoms with Gasteiger partial charge in [0.15, 0.2) is 5.60 Å². The van der Waals surface area contributed by atoms with Crippen LogP contribution in [0.15, 0.2) is 23.0 Å². The summed E-state index contributed by atoms with van der Waals surface area (Å²) in [4.78, 5) is 45.1. The second-order valence-corrected chi connectivity index (χ2v) is 10.2.